The minimum Gasteiger partial charge on any atom is -0.423 e. The summed E-state index contributed by atoms with van der Waals surface area (Å²) in [5.41, 5.74) is 0.189. The first-order valence-electron chi connectivity index (χ1n) is 3.34. The summed E-state index contributed by atoms with van der Waals surface area (Å²) in [7, 11) is -1.82. The van der Waals surface area contributed by atoms with E-state index in [2.05, 4.69) is 0 Å². The Morgan fingerprint density at radius 1 is 1.42 bits per heavy atom. The number of halogens is 2. The fourth-order valence-corrected chi connectivity index (χ4v) is 1.15. The molecular weight excluding hydrogens is 181 g/mol. The summed E-state index contributed by atoms with van der Waals surface area (Å²) < 4.78 is 12.9. The van der Waals surface area contributed by atoms with Crippen molar-refractivity contribution < 1.29 is 14.4 Å². The van der Waals surface area contributed by atoms with Gasteiger partial charge in [-0.2, -0.15) is 0 Å². The lowest BCUT2D eigenvalue weighted by Gasteiger charge is -2.06. The maximum Gasteiger partial charge on any atom is 0.491 e. The van der Waals surface area contributed by atoms with Crippen LogP contribution in [0.2, 0.25) is 5.02 Å². The predicted molar refractivity (Wildman–Crippen MR) is 46.0 cm³/mol. The molecule has 0 aliphatic carbocycles. The zero-order valence-electron chi connectivity index (χ0n) is 6.38. The van der Waals surface area contributed by atoms with Gasteiger partial charge in [0.1, 0.15) is 5.82 Å². The molecule has 2 N–H and O–H groups in total. The highest BCUT2D eigenvalue weighted by atomic mass is 35.5. The third kappa shape index (κ3) is 1.60. The topological polar surface area (TPSA) is 40.5 Å². The number of benzene rings is 1. The van der Waals surface area contributed by atoms with E-state index in [1.165, 1.54) is 13.0 Å². The molecule has 1 aromatic rings. The van der Waals surface area contributed by atoms with Crippen LogP contribution in [0.4, 0.5) is 4.39 Å². The van der Waals surface area contributed by atoms with Gasteiger partial charge in [0.25, 0.3) is 0 Å². The van der Waals surface area contributed by atoms with Crippen molar-refractivity contribution in [3.8, 4) is 0 Å². The van der Waals surface area contributed by atoms with Gasteiger partial charge in [-0.1, -0.05) is 11.6 Å². The Hall–Kier alpha value is -0.575. The molecule has 0 aliphatic rings. The third-order valence-electron chi connectivity index (χ3n) is 1.65. The van der Waals surface area contributed by atoms with Gasteiger partial charge in [-0.05, 0) is 24.6 Å². The summed E-state index contributed by atoms with van der Waals surface area (Å²) in [4.78, 5) is 0. The van der Waals surface area contributed by atoms with Crippen LogP contribution >= 0.6 is 11.6 Å². The molecule has 0 amide bonds. The summed E-state index contributed by atoms with van der Waals surface area (Å²) in [5, 5.41) is 17.9. The maximum absolute atomic E-state index is 12.9. The highest BCUT2D eigenvalue weighted by Gasteiger charge is 2.20. The zero-order valence-corrected chi connectivity index (χ0v) is 7.14. The van der Waals surface area contributed by atoms with Crippen molar-refractivity contribution in [2.24, 2.45) is 0 Å². The second-order valence-corrected chi connectivity index (χ2v) is 2.85. The van der Waals surface area contributed by atoms with Crippen molar-refractivity contribution in [1.29, 1.82) is 0 Å². The normalized spacial score (nSPS) is 10.1. The van der Waals surface area contributed by atoms with Crippen molar-refractivity contribution in [2.75, 3.05) is 0 Å². The van der Waals surface area contributed by atoms with Gasteiger partial charge in [-0.25, -0.2) is 4.39 Å². The summed E-state index contributed by atoms with van der Waals surface area (Å²) in [6, 6.07) is 2.47. The molecule has 12 heavy (non-hydrogen) atoms. The molecule has 2 nitrogen and oxygen atoms in total. The summed E-state index contributed by atoms with van der Waals surface area (Å²) >= 11 is 5.64. The van der Waals surface area contributed by atoms with E-state index >= 15 is 0 Å². The molecule has 0 aromatic heterocycles. The van der Waals surface area contributed by atoms with E-state index in [0.29, 0.717) is 10.6 Å². The van der Waals surface area contributed by atoms with E-state index in [9.17, 15) is 4.39 Å². The molecule has 0 fully saturated rings. The van der Waals surface area contributed by atoms with Crippen LogP contribution in [-0.2, 0) is 0 Å². The highest BCUT2D eigenvalue weighted by Crippen LogP contribution is 2.13. The van der Waals surface area contributed by atoms with Crippen LogP contribution in [0.5, 0.6) is 0 Å². The Kier molecular flexibility index (Phi) is 2.72. The average molecular weight is 188 g/mol. The Morgan fingerprint density at radius 2 is 2.00 bits per heavy atom. The average Bonchev–Trinajstić information content (AvgIpc) is 1.97. The van der Waals surface area contributed by atoms with Crippen molar-refractivity contribution >= 4 is 24.2 Å². The molecule has 64 valence electrons. The zero-order chi connectivity index (χ0) is 9.30. The van der Waals surface area contributed by atoms with Crippen molar-refractivity contribution in [1.82, 2.24) is 0 Å². The van der Waals surface area contributed by atoms with Crippen molar-refractivity contribution in [3.05, 3.63) is 28.5 Å². The van der Waals surface area contributed by atoms with E-state index in [1.807, 2.05) is 0 Å². The molecule has 1 rings (SSSR count). The lowest BCUT2D eigenvalue weighted by molar-refractivity contribution is 0.422. The molecular formula is C7H7BClFO2. The molecule has 0 unspecified atom stereocenters. The monoisotopic (exact) mass is 188 g/mol. The lowest BCUT2D eigenvalue weighted by Crippen LogP contribution is -2.35. The second-order valence-electron chi connectivity index (χ2n) is 2.44. The molecule has 0 aliphatic heterocycles. The molecule has 1 aromatic carbocycles. The van der Waals surface area contributed by atoms with Crippen LogP contribution in [0.3, 0.4) is 0 Å². The Bertz CT molecular complexity index is 304. The van der Waals surface area contributed by atoms with Crippen LogP contribution < -0.4 is 5.46 Å². The van der Waals surface area contributed by atoms with Crippen LogP contribution in [0.25, 0.3) is 0 Å². The maximum atomic E-state index is 12.9. The van der Waals surface area contributed by atoms with Gasteiger partial charge >= 0.3 is 7.12 Å². The van der Waals surface area contributed by atoms with Crippen LogP contribution in [0.15, 0.2) is 12.1 Å². The number of hydrogen-bond acceptors (Lipinski definition) is 2. The second kappa shape index (κ2) is 3.43. The van der Waals surface area contributed by atoms with Gasteiger partial charge in [-0.3, -0.25) is 0 Å². The summed E-state index contributed by atoms with van der Waals surface area (Å²) in [5.74, 6) is -0.660. The Morgan fingerprint density at radius 3 is 2.42 bits per heavy atom. The largest absolute Gasteiger partial charge is 0.491 e. The fraction of sp³-hybridized carbons (Fsp3) is 0.143. The van der Waals surface area contributed by atoms with Gasteiger partial charge in [-0.15, -0.1) is 0 Å². The highest BCUT2D eigenvalue weighted by molar-refractivity contribution is 6.59. The third-order valence-corrected chi connectivity index (χ3v) is 2.06. The molecule has 5 heteroatoms. The summed E-state index contributed by atoms with van der Waals surface area (Å²) in [6.07, 6.45) is 0. The molecule has 0 saturated heterocycles. The standard InChI is InChI=1S/C7H7BClFO2/c1-4-5(9)2-3-6(10)7(4)8(11)12/h2-3,11-12H,1H3. The molecule has 0 bridgehead atoms. The van der Waals surface area contributed by atoms with E-state index in [4.69, 9.17) is 21.6 Å². The Labute approximate surface area is 74.7 Å². The van der Waals surface area contributed by atoms with Gasteiger partial charge in [0.2, 0.25) is 0 Å². The quantitative estimate of drug-likeness (QED) is 0.629. The number of hydrogen-bond donors (Lipinski definition) is 2. The van der Waals surface area contributed by atoms with Crippen LogP contribution in [-0.4, -0.2) is 17.2 Å². The van der Waals surface area contributed by atoms with Gasteiger partial charge < -0.3 is 10.0 Å². The summed E-state index contributed by atoms with van der Waals surface area (Å²) in [6.45, 7) is 1.53. The fourth-order valence-electron chi connectivity index (χ4n) is 0.986. The first-order valence-corrected chi connectivity index (χ1v) is 3.72. The van der Waals surface area contributed by atoms with E-state index in [1.54, 1.807) is 0 Å². The minimum absolute atomic E-state index is 0.164. The predicted octanol–water partition coefficient (Wildman–Crippen LogP) is 0.467. The number of rotatable bonds is 1. The molecule has 0 spiro atoms. The molecule has 0 saturated carbocycles. The lowest BCUT2D eigenvalue weighted by atomic mass is 9.77. The molecule has 0 radical (unpaired) electrons. The Balaban J connectivity index is 3.33. The smallest absolute Gasteiger partial charge is 0.423 e. The SMILES string of the molecule is Cc1c(Cl)ccc(F)c1B(O)O. The first-order chi connectivity index (χ1) is 5.54. The van der Waals surface area contributed by atoms with Crippen molar-refractivity contribution in [2.45, 2.75) is 6.92 Å². The minimum atomic E-state index is -1.82. The van der Waals surface area contributed by atoms with E-state index in [-0.39, 0.29) is 5.46 Å². The van der Waals surface area contributed by atoms with Gasteiger partial charge in [0.15, 0.2) is 0 Å². The molecule has 0 atom stereocenters. The van der Waals surface area contributed by atoms with Crippen LogP contribution in [0, 0.1) is 12.7 Å². The van der Waals surface area contributed by atoms with Gasteiger partial charge in [0, 0.05) is 10.5 Å². The van der Waals surface area contributed by atoms with E-state index in [0.717, 1.165) is 6.07 Å². The van der Waals surface area contributed by atoms with Crippen LogP contribution in [0.1, 0.15) is 5.56 Å². The van der Waals surface area contributed by atoms with Gasteiger partial charge in [0.05, 0.1) is 0 Å². The molecule has 0 heterocycles. The first kappa shape index (κ1) is 9.51. The van der Waals surface area contributed by atoms with E-state index < -0.39 is 12.9 Å². The van der Waals surface area contributed by atoms with Crippen molar-refractivity contribution in [3.63, 3.8) is 0 Å².